The Hall–Kier alpha value is -0.440. The van der Waals surface area contributed by atoms with Gasteiger partial charge in [-0.05, 0) is 93.8 Å². The SMILES string of the molecule is C=C(C)[C@H]1CC[C@H]2[C@@H]3CC(F)(F)[C@H]4C[C@](C)(O)CC[C@@H]4[C@H]3CC[C@]12C. The van der Waals surface area contributed by atoms with E-state index in [9.17, 15) is 5.11 Å². The summed E-state index contributed by atoms with van der Waals surface area (Å²) in [5.41, 5.74) is 0.521. The normalized spacial score (nSPS) is 54.3. The van der Waals surface area contributed by atoms with E-state index in [1.165, 1.54) is 12.0 Å². The summed E-state index contributed by atoms with van der Waals surface area (Å²) >= 11 is 0. The first-order chi connectivity index (χ1) is 11.6. The highest BCUT2D eigenvalue weighted by Crippen LogP contribution is 2.67. The zero-order valence-electron chi connectivity index (χ0n) is 16.0. The number of fused-ring (bicyclic) bond motifs is 5. The van der Waals surface area contributed by atoms with Gasteiger partial charge in [-0.2, -0.15) is 0 Å². The summed E-state index contributed by atoms with van der Waals surface area (Å²) in [7, 11) is 0. The summed E-state index contributed by atoms with van der Waals surface area (Å²) in [6.45, 7) is 10.4. The Bertz CT molecular complexity index is 568. The average molecular weight is 353 g/mol. The molecule has 0 radical (unpaired) electrons. The van der Waals surface area contributed by atoms with Crippen molar-refractivity contribution in [3.05, 3.63) is 12.2 Å². The number of hydrogen-bond acceptors (Lipinski definition) is 1. The first-order valence-electron chi connectivity index (χ1n) is 10.3. The van der Waals surface area contributed by atoms with Crippen molar-refractivity contribution in [3.8, 4) is 0 Å². The van der Waals surface area contributed by atoms with Gasteiger partial charge in [0.2, 0.25) is 0 Å². The summed E-state index contributed by atoms with van der Waals surface area (Å²) in [6, 6.07) is 0. The minimum absolute atomic E-state index is 0.0537. The Kier molecular flexibility index (Phi) is 3.97. The van der Waals surface area contributed by atoms with Crippen LogP contribution in [0.4, 0.5) is 8.78 Å². The average Bonchev–Trinajstić information content (AvgIpc) is 2.84. The molecular formula is C22H34F2O. The molecule has 0 unspecified atom stereocenters. The molecule has 0 aliphatic heterocycles. The second-order valence-corrected chi connectivity index (χ2v) is 10.4. The van der Waals surface area contributed by atoms with Crippen molar-refractivity contribution in [2.75, 3.05) is 0 Å². The van der Waals surface area contributed by atoms with E-state index in [0.717, 1.165) is 25.7 Å². The standard InChI is InChI=1S/C22H34F2O/c1-13(2)17-5-6-18-16-11-22(23,24)19-12-20(3,25)9-7-15(19)14(16)8-10-21(17,18)4/h14-19,25H,1,5-12H2,2-4H3/t14-,15-,16-,17-,18+,19+,20-,21-/m1/s1. The Morgan fingerprint density at radius 1 is 0.920 bits per heavy atom. The molecule has 0 heterocycles. The second kappa shape index (κ2) is 5.53. The Balaban J connectivity index is 1.64. The quantitative estimate of drug-likeness (QED) is 0.589. The van der Waals surface area contributed by atoms with Crippen molar-refractivity contribution >= 4 is 0 Å². The second-order valence-electron chi connectivity index (χ2n) is 10.4. The predicted molar refractivity (Wildman–Crippen MR) is 96.4 cm³/mol. The van der Waals surface area contributed by atoms with E-state index >= 15 is 8.78 Å². The molecule has 25 heavy (non-hydrogen) atoms. The topological polar surface area (TPSA) is 20.2 Å². The van der Waals surface area contributed by atoms with Crippen LogP contribution in [0.2, 0.25) is 0 Å². The lowest BCUT2D eigenvalue weighted by atomic mass is 9.48. The third-order valence-electron chi connectivity index (χ3n) is 8.88. The van der Waals surface area contributed by atoms with E-state index in [1.807, 2.05) is 0 Å². The third kappa shape index (κ3) is 2.63. The molecule has 8 atom stereocenters. The van der Waals surface area contributed by atoms with Gasteiger partial charge in [-0.1, -0.05) is 19.1 Å². The minimum Gasteiger partial charge on any atom is -0.390 e. The van der Waals surface area contributed by atoms with Crippen molar-refractivity contribution in [1.29, 1.82) is 0 Å². The molecular weight excluding hydrogens is 318 g/mol. The molecule has 0 amide bonds. The van der Waals surface area contributed by atoms with E-state index in [-0.39, 0.29) is 30.1 Å². The number of halogens is 2. The van der Waals surface area contributed by atoms with Gasteiger partial charge in [0.05, 0.1) is 5.60 Å². The van der Waals surface area contributed by atoms with Gasteiger partial charge in [0.15, 0.2) is 0 Å². The van der Waals surface area contributed by atoms with Crippen molar-refractivity contribution < 1.29 is 13.9 Å². The van der Waals surface area contributed by atoms with Gasteiger partial charge < -0.3 is 5.11 Å². The summed E-state index contributed by atoms with van der Waals surface area (Å²) in [6.07, 6.45) is 6.30. The van der Waals surface area contributed by atoms with Crippen LogP contribution < -0.4 is 0 Å². The van der Waals surface area contributed by atoms with Gasteiger partial charge >= 0.3 is 0 Å². The van der Waals surface area contributed by atoms with Gasteiger partial charge in [-0.25, -0.2) is 8.78 Å². The molecule has 4 saturated carbocycles. The molecule has 4 aliphatic carbocycles. The van der Waals surface area contributed by atoms with Gasteiger partial charge in [0.25, 0.3) is 5.92 Å². The van der Waals surface area contributed by atoms with Crippen LogP contribution in [0.1, 0.15) is 72.1 Å². The minimum atomic E-state index is -2.62. The van der Waals surface area contributed by atoms with E-state index in [4.69, 9.17) is 0 Å². The van der Waals surface area contributed by atoms with Crippen molar-refractivity contribution in [1.82, 2.24) is 0 Å². The van der Waals surface area contributed by atoms with Crippen molar-refractivity contribution in [3.63, 3.8) is 0 Å². The van der Waals surface area contributed by atoms with Crippen LogP contribution in [0.25, 0.3) is 0 Å². The first kappa shape index (κ1) is 17.9. The van der Waals surface area contributed by atoms with Crippen molar-refractivity contribution in [2.24, 2.45) is 40.9 Å². The molecule has 4 fully saturated rings. The summed E-state index contributed by atoms with van der Waals surface area (Å²) in [5.74, 6) is -1.55. The highest BCUT2D eigenvalue weighted by molar-refractivity contribution is 5.15. The molecule has 0 saturated heterocycles. The molecule has 0 spiro atoms. The smallest absolute Gasteiger partial charge is 0.251 e. The number of rotatable bonds is 1. The molecule has 0 aromatic carbocycles. The maximum Gasteiger partial charge on any atom is 0.251 e. The zero-order chi connectivity index (χ0) is 18.2. The molecule has 3 heteroatoms. The van der Waals surface area contributed by atoms with Crippen LogP contribution in [0.5, 0.6) is 0 Å². The van der Waals surface area contributed by atoms with E-state index in [2.05, 4.69) is 20.4 Å². The Labute approximate surface area is 151 Å². The van der Waals surface area contributed by atoms with Crippen LogP contribution in [-0.2, 0) is 0 Å². The Morgan fingerprint density at radius 3 is 2.28 bits per heavy atom. The molecule has 0 aromatic heterocycles. The highest BCUT2D eigenvalue weighted by Gasteiger charge is 2.63. The monoisotopic (exact) mass is 352 g/mol. The highest BCUT2D eigenvalue weighted by atomic mass is 19.3. The molecule has 4 aliphatic rings. The lowest BCUT2D eigenvalue weighted by Gasteiger charge is -2.58. The third-order valence-corrected chi connectivity index (χ3v) is 8.88. The largest absolute Gasteiger partial charge is 0.390 e. The molecule has 1 N–H and O–H groups in total. The lowest BCUT2D eigenvalue weighted by molar-refractivity contribution is -0.209. The molecule has 0 bridgehead atoms. The fraction of sp³-hybridized carbons (Fsp3) is 0.909. The fourth-order valence-corrected chi connectivity index (χ4v) is 7.80. The molecule has 4 rings (SSSR count). The Morgan fingerprint density at radius 2 is 1.60 bits per heavy atom. The maximum absolute atomic E-state index is 15.2. The van der Waals surface area contributed by atoms with Gasteiger partial charge in [0.1, 0.15) is 0 Å². The van der Waals surface area contributed by atoms with Crippen molar-refractivity contribution in [2.45, 2.75) is 83.7 Å². The van der Waals surface area contributed by atoms with Crippen LogP contribution in [0.3, 0.4) is 0 Å². The summed E-state index contributed by atoms with van der Waals surface area (Å²) in [4.78, 5) is 0. The van der Waals surface area contributed by atoms with Crippen LogP contribution in [-0.4, -0.2) is 16.6 Å². The van der Waals surface area contributed by atoms with E-state index in [1.54, 1.807) is 6.92 Å². The first-order valence-corrected chi connectivity index (χ1v) is 10.3. The molecule has 1 nitrogen and oxygen atoms in total. The molecule has 142 valence electrons. The summed E-state index contributed by atoms with van der Waals surface area (Å²) in [5, 5.41) is 10.4. The van der Waals surface area contributed by atoms with Gasteiger partial charge in [-0.3, -0.25) is 0 Å². The van der Waals surface area contributed by atoms with E-state index < -0.39 is 17.4 Å². The summed E-state index contributed by atoms with van der Waals surface area (Å²) < 4.78 is 30.3. The number of allylic oxidation sites excluding steroid dienone is 1. The lowest BCUT2D eigenvalue weighted by Crippen LogP contribution is -2.57. The van der Waals surface area contributed by atoms with Crippen LogP contribution in [0, 0.1) is 40.9 Å². The zero-order valence-corrected chi connectivity index (χ0v) is 16.0. The number of alkyl halides is 2. The van der Waals surface area contributed by atoms with Gasteiger partial charge in [0, 0.05) is 12.3 Å². The predicted octanol–water partition coefficient (Wildman–Crippen LogP) is 5.83. The van der Waals surface area contributed by atoms with Gasteiger partial charge in [-0.15, -0.1) is 0 Å². The van der Waals surface area contributed by atoms with Crippen LogP contribution in [0.15, 0.2) is 12.2 Å². The van der Waals surface area contributed by atoms with Crippen LogP contribution >= 0.6 is 0 Å². The number of aliphatic hydroxyl groups is 1. The van der Waals surface area contributed by atoms with E-state index in [0.29, 0.717) is 24.2 Å². The molecule has 0 aromatic rings. The maximum atomic E-state index is 15.2. The number of hydrogen-bond donors (Lipinski definition) is 1. The fourth-order valence-electron chi connectivity index (χ4n) is 7.80.